The van der Waals surface area contributed by atoms with Crippen molar-refractivity contribution in [2.24, 2.45) is 17.2 Å². The van der Waals surface area contributed by atoms with Crippen molar-refractivity contribution in [3.8, 4) is 11.5 Å². The molecule has 1 heterocycles. The molecule has 4 aromatic rings. The number of amides is 1. The van der Waals surface area contributed by atoms with Gasteiger partial charge in [0, 0.05) is 28.7 Å². The van der Waals surface area contributed by atoms with Crippen LogP contribution in [0.5, 0.6) is 11.5 Å². The molecule has 9 N–H and O–H groups in total. The molecule has 2 aliphatic carbocycles. The van der Waals surface area contributed by atoms with Gasteiger partial charge < -0.3 is 33.0 Å². The van der Waals surface area contributed by atoms with E-state index in [0.717, 1.165) is 12.8 Å². The van der Waals surface area contributed by atoms with Gasteiger partial charge >= 0.3 is 0 Å². The first-order valence-corrected chi connectivity index (χ1v) is 13.9. The first kappa shape index (κ1) is 25.8. The minimum atomic E-state index is -1.61. The molecule has 0 radical (unpaired) electrons. The molecule has 0 spiro atoms. The van der Waals surface area contributed by atoms with Gasteiger partial charge in [-0.05, 0) is 60.7 Å². The predicted octanol–water partition coefficient (Wildman–Crippen LogP) is 4.32. The molecule has 0 saturated heterocycles. The Morgan fingerprint density at radius 3 is 2.54 bits per heavy atom. The highest BCUT2D eigenvalue weighted by atomic mass is 35.5. The van der Waals surface area contributed by atoms with Gasteiger partial charge in [-0.2, -0.15) is 0 Å². The number of ketones is 1. The van der Waals surface area contributed by atoms with Crippen LogP contribution in [0.25, 0.3) is 10.1 Å². The van der Waals surface area contributed by atoms with Crippen molar-refractivity contribution in [2.75, 3.05) is 5.73 Å². The smallest absolute Gasteiger partial charge is 0.261 e. The number of nitrogen functional groups attached to an aromatic ring is 1. The fourth-order valence-corrected chi connectivity index (χ4v) is 7.11. The van der Waals surface area contributed by atoms with E-state index >= 15 is 0 Å². The van der Waals surface area contributed by atoms with Crippen molar-refractivity contribution >= 4 is 50.4 Å². The van der Waals surface area contributed by atoms with Crippen LogP contribution in [0.1, 0.15) is 51.7 Å². The zero-order chi connectivity index (χ0) is 27.5. The van der Waals surface area contributed by atoms with Gasteiger partial charge in [0.25, 0.3) is 5.91 Å². The molecule has 2 unspecified atom stereocenters. The number of anilines is 1. The Kier molecular flexibility index (Phi) is 6.36. The van der Waals surface area contributed by atoms with Crippen LogP contribution in [-0.2, 0) is 10.3 Å². The highest BCUT2D eigenvalue weighted by molar-refractivity contribution is 7.21. The minimum Gasteiger partial charge on any atom is -0.456 e. The van der Waals surface area contributed by atoms with Crippen molar-refractivity contribution in [1.82, 2.24) is 5.32 Å². The molecule has 3 aromatic carbocycles. The van der Waals surface area contributed by atoms with E-state index in [1.165, 1.54) is 11.3 Å². The number of halogens is 1. The molecule has 0 bridgehead atoms. The number of carbonyl (C=O) groups is 2. The third-order valence-corrected chi connectivity index (χ3v) is 9.23. The van der Waals surface area contributed by atoms with Crippen molar-refractivity contribution in [2.45, 2.75) is 42.9 Å². The summed E-state index contributed by atoms with van der Waals surface area (Å²) >= 11 is 7.83. The first-order valence-electron chi connectivity index (χ1n) is 12.7. The second kappa shape index (κ2) is 9.62. The van der Waals surface area contributed by atoms with Gasteiger partial charge in [-0.1, -0.05) is 41.9 Å². The molecular formula is C29H28ClN5O3S. The average molecular weight is 562 g/mol. The van der Waals surface area contributed by atoms with Gasteiger partial charge in [-0.3, -0.25) is 9.59 Å². The zero-order valence-electron chi connectivity index (χ0n) is 20.9. The Labute approximate surface area is 234 Å². The quantitative estimate of drug-likeness (QED) is 0.227. The van der Waals surface area contributed by atoms with Gasteiger partial charge in [0.05, 0.1) is 20.6 Å². The summed E-state index contributed by atoms with van der Waals surface area (Å²) in [6.07, 6.45) is 2.37. The summed E-state index contributed by atoms with van der Waals surface area (Å²) in [5.41, 5.74) is 26.2. The molecular weight excluding hydrogens is 534 g/mol. The molecule has 2 aliphatic rings. The second-order valence-electron chi connectivity index (χ2n) is 10.2. The van der Waals surface area contributed by atoms with Crippen LogP contribution in [0.2, 0.25) is 5.02 Å². The van der Waals surface area contributed by atoms with Gasteiger partial charge in [0.1, 0.15) is 17.0 Å². The van der Waals surface area contributed by atoms with Gasteiger partial charge in [-0.15, -0.1) is 11.3 Å². The molecule has 4 atom stereocenters. The Balaban J connectivity index is 1.44. The van der Waals surface area contributed by atoms with E-state index in [2.05, 4.69) is 5.32 Å². The number of nitrogens with two attached hydrogens (primary N) is 4. The second-order valence-corrected chi connectivity index (χ2v) is 11.6. The molecule has 1 saturated carbocycles. The van der Waals surface area contributed by atoms with Gasteiger partial charge in [0.2, 0.25) is 0 Å². The number of carbonyl (C=O) groups excluding carboxylic acids is 2. The molecule has 1 fully saturated rings. The summed E-state index contributed by atoms with van der Waals surface area (Å²) in [7, 11) is 0. The van der Waals surface area contributed by atoms with Crippen molar-refractivity contribution in [3.63, 3.8) is 0 Å². The van der Waals surface area contributed by atoms with Gasteiger partial charge in [-0.25, -0.2) is 0 Å². The molecule has 1 amide bonds. The topological polar surface area (TPSA) is 159 Å². The Hall–Kier alpha value is -3.47. The predicted molar refractivity (Wildman–Crippen MR) is 154 cm³/mol. The molecule has 6 rings (SSSR count). The number of para-hydroxylation sites is 1. The number of thiophene rings is 1. The van der Waals surface area contributed by atoms with Crippen LogP contribution in [-0.4, -0.2) is 23.8 Å². The summed E-state index contributed by atoms with van der Waals surface area (Å²) in [6, 6.07) is 16.6. The maximum Gasteiger partial charge on any atom is 0.261 e. The molecule has 8 nitrogen and oxygen atoms in total. The number of rotatable bonds is 5. The Morgan fingerprint density at radius 2 is 1.85 bits per heavy atom. The fraction of sp³-hybridized carbons (Fsp3) is 0.241. The lowest BCUT2D eigenvalue weighted by molar-refractivity contribution is -0.124. The lowest BCUT2D eigenvalue weighted by Crippen LogP contribution is -2.52. The van der Waals surface area contributed by atoms with E-state index in [1.54, 1.807) is 30.3 Å². The monoisotopic (exact) mass is 561 g/mol. The van der Waals surface area contributed by atoms with E-state index in [0.29, 0.717) is 60.3 Å². The lowest BCUT2D eigenvalue weighted by atomic mass is 9.70. The van der Waals surface area contributed by atoms with Crippen LogP contribution in [0.15, 0.2) is 60.7 Å². The van der Waals surface area contributed by atoms with E-state index in [9.17, 15) is 9.59 Å². The molecule has 0 aliphatic heterocycles. The fourth-order valence-electron chi connectivity index (χ4n) is 5.69. The normalized spacial score (nSPS) is 24.2. The standard InChI is InChI=1S/C29H28ClN5O3S/c30-19-12-14(6-11-21(19)38-17-4-2-1-3-5-17)29(34)18-9-10-20(32)25-22(18)23(24(33)27(29)36)26(39-25)28(37)35-16-8-7-15(31)13-16/h1-6,9-12,15-16,24H,7-8,13,31-34H2,(H,35,37)/t15-,16+,24?,29?/m1/s1. The van der Waals surface area contributed by atoms with Crippen LogP contribution in [0, 0.1) is 0 Å². The number of Topliss-reactive ketones (excluding diaryl/α,β-unsaturated/α-hetero) is 1. The van der Waals surface area contributed by atoms with E-state index in [-0.39, 0.29) is 18.0 Å². The molecule has 200 valence electrons. The number of benzene rings is 3. The van der Waals surface area contributed by atoms with E-state index in [4.69, 9.17) is 39.3 Å². The van der Waals surface area contributed by atoms with E-state index in [1.807, 2.05) is 30.3 Å². The SMILES string of the molecule is Nc1ccc2c3c(c(C(=O)N[C@H]4CC[C@@H](N)C4)sc13)C(N)C(=O)C2(N)c1ccc(Oc2ccccc2)c(Cl)c1. The summed E-state index contributed by atoms with van der Waals surface area (Å²) in [4.78, 5) is 27.8. The number of ether oxygens (including phenoxy) is 1. The van der Waals surface area contributed by atoms with Crippen molar-refractivity contribution in [1.29, 1.82) is 0 Å². The number of hydrogen-bond acceptors (Lipinski definition) is 8. The summed E-state index contributed by atoms with van der Waals surface area (Å²) in [5.74, 6) is 0.323. The zero-order valence-corrected chi connectivity index (χ0v) is 22.5. The summed E-state index contributed by atoms with van der Waals surface area (Å²) < 4.78 is 6.57. The number of nitrogens with one attached hydrogen (secondary N) is 1. The summed E-state index contributed by atoms with van der Waals surface area (Å²) in [6.45, 7) is 0. The highest BCUT2D eigenvalue weighted by Crippen LogP contribution is 2.50. The van der Waals surface area contributed by atoms with E-state index < -0.39 is 17.4 Å². The van der Waals surface area contributed by atoms with Crippen LogP contribution in [0.4, 0.5) is 5.69 Å². The molecule has 10 heteroatoms. The third kappa shape index (κ3) is 4.18. The lowest BCUT2D eigenvalue weighted by Gasteiger charge is -2.36. The van der Waals surface area contributed by atoms with Crippen LogP contribution < -0.4 is 33.0 Å². The van der Waals surface area contributed by atoms with Crippen molar-refractivity contribution < 1.29 is 14.3 Å². The van der Waals surface area contributed by atoms with Gasteiger partial charge in [0.15, 0.2) is 5.78 Å². The average Bonchev–Trinajstić information content (AvgIpc) is 3.53. The highest BCUT2D eigenvalue weighted by Gasteiger charge is 2.49. The molecule has 1 aromatic heterocycles. The molecule has 39 heavy (non-hydrogen) atoms. The third-order valence-electron chi connectivity index (χ3n) is 7.69. The Bertz CT molecular complexity index is 1620. The Morgan fingerprint density at radius 1 is 1.08 bits per heavy atom. The van der Waals surface area contributed by atoms with Crippen LogP contribution in [0.3, 0.4) is 0 Å². The van der Waals surface area contributed by atoms with Crippen molar-refractivity contribution in [3.05, 3.63) is 87.3 Å². The number of hydrogen-bond donors (Lipinski definition) is 5. The maximum atomic E-state index is 14.0. The van der Waals surface area contributed by atoms with Crippen LogP contribution >= 0.6 is 22.9 Å². The maximum absolute atomic E-state index is 14.0. The minimum absolute atomic E-state index is 0.0235. The largest absolute Gasteiger partial charge is 0.456 e. The summed E-state index contributed by atoms with van der Waals surface area (Å²) in [5, 5.41) is 4.00. The first-order chi connectivity index (χ1) is 18.7.